The van der Waals surface area contributed by atoms with Gasteiger partial charge in [0, 0.05) is 12.0 Å². The number of alkyl halides is 1. The summed E-state index contributed by atoms with van der Waals surface area (Å²) in [6.07, 6.45) is -1.41. The van der Waals surface area contributed by atoms with Crippen molar-refractivity contribution < 1.29 is 24.5 Å². The Balaban J connectivity index is 3.03. The second-order valence-corrected chi connectivity index (χ2v) is 4.23. The molecule has 0 saturated carbocycles. The van der Waals surface area contributed by atoms with Gasteiger partial charge in [-0.05, 0) is 11.6 Å². The predicted molar refractivity (Wildman–Crippen MR) is 68.1 cm³/mol. The van der Waals surface area contributed by atoms with Crippen LogP contribution in [0, 0.1) is 0 Å². The number of methoxy groups -OCH3 is 1. The number of benzene rings is 1. The molecule has 18 heavy (non-hydrogen) atoms. The van der Waals surface area contributed by atoms with Crippen molar-refractivity contribution in [3.8, 4) is 5.75 Å². The second-order valence-electron chi connectivity index (χ2n) is 3.67. The Bertz CT molecular complexity index is 458. The molecule has 0 amide bonds. The van der Waals surface area contributed by atoms with E-state index in [0.717, 1.165) is 0 Å². The SMILES string of the molecule is COc1cc(CC(=O)CBr)ccc1C(O)C(=O)O. The van der Waals surface area contributed by atoms with Gasteiger partial charge in [0.25, 0.3) is 0 Å². The second kappa shape index (κ2) is 6.51. The van der Waals surface area contributed by atoms with E-state index >= 15 is 0 Å². The molecule has 0 heterocycles. The fourth-order valence-electron chi connectivity index (χ4n) is 1.50. The van der Waals surface area contributed by atoms with Crippen molar-refractivity contribution in [2.24, 2.45) is 0 Å². The molecule has 0 radical (unpaired) electrons. The summed E-state index contributed by atoms with van der Waals surface area (Å²) in [7, 11) is 1.38. The fourth-order valence-corrected chi connectivity index (χ4v) is 1.70. The van der Waals surface area contributed by atoms with Gasteiger partial charge in [-0.25, -0.2) is 4.79 Å². The number of carboxylic acid groups (broad SMARTS) is 1. The van der Waals surface area contributed by atoms with Crippen LogP contribution in [0.15, 0.2) is 18.2 Å². The van der Waals surface area contributed by atoms with Gasteiger partial charge in [0.1, 0.15) is 11.5 Å². The van der Waals surface area contributed by atoms with Gasteiger partial charge in [-0.3, -0.25) is 4.79 Å². The predicted octanol–water partition coefficient (Wildman–Crippen LogP) is 1.32. The molecular weight excluding hydrogens is 304 g/mol. The molecule has 1 rings (SSSR count). The highest BCUT2D eigenvalue weighted by Gasteiger charge is 2.20. The summed E-state index contributed by atoms with van der Waals surface area (Å²) in [6, 6.07) is 4.61. The van der Waals surface area contributed by atoms with E-state index in [1.165, 1.54) is 13.2 Å². The molecule has 1 aromatic rings. The number of ketones is 1. The van der Waals surface area contributed by atoms with Gasteiger partial charge in [-0.1, -0.05) is 28.1 Å². The average Bonchev–Trinajstić information content (AvgIpc) is 2.37. The van der Waals surface area contributed by atoms with Crippen LogP contribution in [0.25, 0.3) is 0 Å². The summed E-state index contributed by atoms with van der Waals surface area (Å²) in [6.45, 7) is 0. The maximum Gasteiger partial charge on any atom is 0.337 e. The van der Waals surface area contributed by atoms with Crippen LogP contribution >= 0.6 is 15.9 Å². The molecule has 0 saturated heterocycles. The third kappa shape index (κ3) is 3.54. The zero-order valence-corrected chi connectivity index (χ0v) is 11.3. The van der Waals surface area contributed by atoms with E-state index in [1.807, 2.05) is 0 Å². The summed E-state index contributed by atoms with van der Waals surface area (Å²) >= 11 is 3.07. The molecule has 98 valence electrons. The van der Waals surface area contributed by atoms with Crippen molar-refractivity contribution in [3.05, 3.63) is 29.3 Å². The molecule has 6 heteroatoms. The first-order valence-electron chi connectivity index (χ1n) is 5.15. The average molecular weight is 317 g/mol. The van der Waals surface area contributed by atoms with Crippen molar-refractivity contribution in [1.82, 2.24) is 0 Å². The van der Waals surface area contributed by atoms with E-state index in [0.29, 0.717) is 5.56 Å². The number of carbonyl (C=O) groups excluding carboxylic acids is 1. The summed E-state index contributed by atoms with van der Waals surface area (Å²) in [4.78, 5) is 22.0. The van der Waals surface area contributed by atoms with Crippen LogP contribution in [0.3, 0.4) is 0 Å². The molecule has 0 aliphatic carbocycles. The van der Waals surface area contributed by atoms with Crippen LogP contribution in [-0.4, -0.2) is 34.4 Å². The van der Waals surface area contributed by atoms with Gasteiger partial charge < -0.3 is 14.9 Å². The Hall–Kier alpha value is -1.40. The number of carboxylic acids is 1. The molecule has 1 atom stereocenters. The molecule has 0 spiro atoms. The molecule has 1 aromatic carbocycles. The van der Waals surface area contributed by atoms with E-state index in [-0.39, 0.29) is 28.8 Å². The van der Waals surface area contributed by atoms with E-state index in [2.05, 4.69) is 15.9 Å². The largest absolute Gasteiger partial charge is 0.496 e. The number of Topliss-reactive ketones (excluding diaryl/α,β-unsaturated/α-hetero) is 1. The number of hydrogen-bond donors (Lipinski definition) is 2. The standard InChI is InChI=1S/C12H13BrO5/c1-18-10-5-7(4-8(14)6-13)2-3-9(10)11(15)12(16)17/h2-3,5,11,15H,4,6H2,1H3,(H,16,17). The van der Waals surface area contributed by atoms with Crippen LogP contribution in [0.2, 0.25) is 0 Å². The maximum absolute atomic E-state index is 11.3. The van der Waals surface area contributed by atoms with Gasteiger partial charge in [0.2, 0.25) is 0 Å². The quantitative estimate of drug-likeness (QED) is 0.773. The highest BCUT2D eigenvalue weighted by molar-refractivity contribution is 9.09. The number of rotatable bonds is 6. The minimum Gasteiger partial charge on any atom is -0.496 e. The van der Waals surface area contributed by atoms with Crippen LogP contribution in [0.1, 0.15) is 17.2 Å². The third-order valence-electron chi connectivity index (χ3n) is 2.38. The van der Waals surface area contributed by atoms with E-state index in [1.54, 1.807) is 12.1 Å². The number of aliphatic carboxylic acids is 1. The summed E-state index contributed by atoms with van der Waals surface area (Å²) < 4.78 is 5.03. The number of aliphatic hydroxyl groups is 1. The highest BCUT2D eigenvalue weighted by Crippen LogP contribution is 2.27. The zero-order valence-electron chi connectivity index (χ0n) is 9.72. The highest BCUT2D eigenvalue weighted by atomic mass is 79.9. The Kier molecular flexibility index (Phi) is 5.30. The minimum absolute atomic E-state index is 0.00332. The molecule has 5 nitrogen and oxygen atoms in total. The minimum atomic E-state index is -1.64. The Morgan fingerprint density at radius 1 is 1.44 bits per heavy atom. The zero-order chi connectivity index (χ0) is 13.7. The Morgan fingerprint density at radius 2 is 2.11 bits per heavy atom. The van der Waals surface area contributed by atoms with Crippen LogP contribution in [-0.2, 0) is 16.0 Å². The molecule has 1 unspecified atom stereocenters. The maximum atomic E-state index is 11.3. The van der Waals surface area contributed by atoms with Crippen molar-refractivity contribution in [2.75, 3.05) is 12.4 Å². The first kappa shape index (κ1) is 14.7. The lowest BCUT2D eigenvalue weighted by Crippen LogP contribution is -2.12. The molecule has 0 aromatic heterocycles. The van der Waals surface area contributed by atoms with Gasteiger partial charge in [0.05, 0.1) is 12.4 Å². The van der Waals surface area contributed by atoms with E-state index in [9.17, 15) is 14.7 Å². The summed E-state index contributed by atoms with van der Waals surface area (Å²) in [5.74, 6) is -1.09. The first-order chi connectivity index (χ1) is 8.49. The van der Waals surface area contributed by atoms with Gasteiger partial charge >= 0.3 is 5.97 Å². The Labute approximate surface area is 113 Å². The topological polar surface area (TPSA) is 83.8 Å². The lowest BCUT2D eigenvalue weighted by Gasteiger charge is -2.12. The number of halogens is 1. The van der Waals surface area contributed by atoms with Gasteiger partial charge in [0.15, 0.2) is 6.10 Å². The number of ether oxygens (including phenoxy) is 1. The molecule has 0 aliphatic heterocycles. The van der Waals surface area contributed by atoms with Crippen molar-refractivity contribution in [2.45, 2.75) is 12.5 Å². The molecular formula is C12H13BrO5. The third-order valence-corrected chi connectivity index (χ3v) is 3.00. The number of hydrogen-bond acceptors (Lipinski definition) is 4. The molecule has 0 aliphatic rings. The first-order valence-corrected chi connectivity index (χ1v) is 6.27. The van der Waals surface area contributed by atoms with Crippen LogP contribution in [0.4, 0.5) is 0 Å². The van der Waals surface area contributed by atoms with Crippen LogP contribution < -0.4 is 4.74 Å². The summed E-state index contributed by atoms with van der Waals surface area (Å²) in [5, 5.41) is 18.5. The fraction of sp³-hybridized carbons (Fsp3) is 0.333. The lowest BCUT2D eigenvalue weighted by molar-refractivity contribution is -0.147. The van der Waals surface area contributed by atoms with E-state index < -0.39 is 12.1 Å². The van der Waals surface area contributed by atoms with E-state index in [4.69, 9.17) is 9.84 Å². The normalized spacial score (nSPS) is 11.9. The molecule has 0 bridgehead atoms. The number of aliphatic hydroxyl groups excluding tert-OH is 1. The molecule has 2 N–H and O–H groups in total. The van der Waals surface area contributed by atoms with Gasteiger partial charge in [-0.15, -0.1) is 0 Å². The lowest BCUT2D eigenvalue weighted by atomic mass is 10.0. The smallest absolute Gasteiger partial charge is 0.337 e. The van der Waals surface area contributed by atoms with Gasteiger partial charge in [-0.2, -0.15) is 0 Å². The van der Waals surface area contributed by atoms with Crippen molar-refractivity contribution in [3.63, 3.8) is 0 Å². The Morgan fingerprint density at radius 3 is 2.61 bits per heavy atom. The molecule has 0 fully saturated rings. The monoisotopic (exact) mass is 316 g/mol. The van der Waals surface area contributed by atoms with Crippen molar-refractivity contribution in [1.29, 1.82) is 0 Å². The van der Waals surface area contributed by atoms with Crippen LogP contribution in [0.5, 0.6) is 5.75 Å². The number of carbonyl (C=O) groups is 2. The van der Waals surface area contributed by atoms with Crippen molar-refractivity contribution >= 4 is 27.7 Å². The summed E-state index contributed by atoms with van der Waals surface area (Å²) in [5.41, 5.74) is 0.873.